The number of hydrogen-bond donors (Lipinski definition) is 1. The van der Waals surface area contributed by atoms with E-state index in [1.807, 2.05) is 24.4 Å². The van der Waals surface area contributed by atoms with Crippen molar-refractivity contribution >= 4 is 22.4 Å². The number of benzene rings is 1. The molecule has 1 amide bonds. The van der Waals surface area contributed by atoms with Crippen LogP contribution in [0.3, 0.4) is 0 Å². The second-order valence-corrected chi connectivity index (χ2v) is 4.91. The van der Waals surface area contributed by atoms with E-state index in [-0.39, 0.29) is 5.91 Å². The molecular weight excluding hydrogens is 232 g/mol. The maximum absolute atomic E-state index is 10.9. The molecule has 1 aromatic heterocycles. The molecule has 3 nitrogen and oxygen atoms in total. The summed E-state index contributed by atoms with van der Waals surface area (Å²) in [4.78, 5) is 16.2. The van der Waals surface area contributed by atoms with E-state index in [4.69, 9.17) is 0 Å². The van der Waals surface area contributed by atoms with E-state index in [2.05, 4.69) is 22.4 Å². The lowest BCUT2D eigenvalue weighted by atomic mass is 10.1. The molecule has 2 rings (SSSR count). The molecule has 0 unspecified atom stereocenters. The Balaban J connectivity index is 1.91. The Hall–Kier alpha value is -1.68. The zero-order valence-corrected chi connectivity index (χ0v) is 10.5. The van der Waals surface area contributed by atoms with Gasteiger partial charge >= 0.3 is 0 Å². The van der Waals surface area contributed by atoms with Gasteiger partial charge in [0, 0.05) is 18.0 Å². The van der Waals surface area contributed by atoms with Gasteiger partial charge in [-0.15, -0.1) is 11.3 Å². The van der Waals surface area contributed by atoms with Crippen molar-refractivity contribution in [2.75, 3.05) is 5.32 Å². The average molecular weight is 246 g/mol. The SMILES string of the molecule is CC(=O)Nc1ncc(CCc2ccccc2)s1. The molecule has 1 N–H and O–H groups in total. The summed E-state index contributed by atoms with van der Waals surface area (Å²) in [6.45, 7) is 1.49. The first-order chi connectivity index (χ1) is 8.24. The number of nitrogens with one attached hydrogen (secondary N) is 1. The number of aryl methyl sites for hydroxylation is 2. The molecule has 0 atom stereocenters. The van der Waals surface area contributed by atoms with Crippen molar-refractivity contribution in [3.63, 3.8) is 0 Å². The van der Waals surface area contributed by atoms with Gasteiger partial charge in [-0.3, -0.25) is 4.79 Å². The predicted octanol–water partition coefficient (Wildman–Crippen LogP) is 2.89. The zero-order valence-electron chi connectivity index (χ0n) is 9.64. The summed E-state index contributed by atoms with van der Waals surface area (Å²) in [6, 6.07) is 10.4. The van der Waals surface area contributed by atoms with Crippen LogP contribution in [0.5, 0.6) is 0 Å². The lowest BCUT2D eigenvalue weighted by Gasteiger charge is -1.98. The highest BCUT2D eigenvalue weighted by molar-refractivity contribution is 7.15. The summed E-state index contributed by atoms with van der Waals surface area (Å²) in [5, 5.41) is 3.37. The summed E-state index contributed by atoms with van der Waals surface area (Å²) >= 11 is 1.54. The van der Waals surface area contributed by atoms with Crippen LogP contribution < -0.4 is 5.32 Å². The van der Waals surface area contributed by atoms with Gasteiger partial charge in [-0.05, 0) is 18.4 Å². The lowest BCUT2D eigenvalue weighted by molar-refractivity contribution is -0.114. The predicted molar refractivity (Wildman–Crippen MR) is 70.3 cm³/mol. The van der Waals surface area contributed by atoms with Gasteiger partial charge in [0.25, 0.3) is 0 Å². The summed E-state index contributed by atoms with van der Waals surface area (Å²) < 4.78 is 0. The molecule has 0 saturated heterocycles. The van der Waals surface area contributed by atoms with E-state index in [1.54, 1.807) is 0 Å². The van der Waals surface area contributed by atoms with Crippen LogP contribution in [0.4, 0.5) is 5.13 Å². The molecule has 0 fully saturated rings. The minimum absolute atomic E-state index is 0.0750. The van der Waals surface area contributed by atoms with Gasteiger partial charge in [0.2, 0.25) is 5.91 Å². The maximum Gasteiger partial charge on any atom is 0.223 e. The van der Waals surface area contributed by atoms with Crippen LogP contribution in [-0.4, -0.2) is 10.9 Å². The van der Waals surface area contributed by atoms with Crippen LogP contribution in [0.15, 0.2) is 36.5 Å². The second-order valence-electron chi connectivity index (χ2n) is 3.80. The van der Waals surface area contributed by atoms with Crippen LogP contribution in [0.1, 0.15) is 17.4 Å². The lowest BCUT2D eigenvalue weighted by Crippen LogP contribution is -2.04. The molecule has 0 spiro atoms. The summed E-state index contributed by atoms with van der Waals surface area (Å²) in [6.07, 6.45) is 3.79. The van der Waals surface area contributed by atoms with Crippen molar-refractivity contribution in [3.8, 4) is 0 Å². The van der Waals surface area contributed by atoms with Crippen molar-refractivity contribution in [1.29, 1.82) is 0 Å². The Kier molecular flexibility index (Phi) is 3.88. The molecule has 1 aromatic carbocycles. The molecule has 0 aliphatic heterocycles. The third kappa shape index (κ3) is 3.67. The fourth-order valence-electron chi connectivity index (χ4n) is 1.54. The Bertz CT molecular complexity index is 493. The Morgan fingerprint density at radius 2 is 2.06 bits per heavy atom. The fraction of sp³-hybridized carbons (Fsp3) is 0.231. The molecule has 17 heavy (non-hydrogen) atoms. The topological polar surface area (TPSA) is 42.0 Å². The molecule has 0 bridgehead atoms. The average Bonchev–Trinajstić information content (AvgIpc) is 2.75. The third-order valence-corrected chi connectivity index (χ3v) is 3.31. The van der Waals surface area contributed by atoms with Crippen molar-refractivity contribution in [1.82, 2.24) is 4.98 Å². The molecule has 0 radical (unpaired) electrons. The van der Waals surface area contributed by atoms with E-state index in [9.17, 15) is 4.79 Å². The number of aromatic nitrogens is 1. The van der Waals surface area contributed by atoms with Gasteiger partial charge < -0.3 is 5.32 Å². The summed E-state index contributed by atoms with van der Waals surface area (Å²) in [5.41, 5.74) is 1.32. The molecule has 88 valence electrons. The van der Waals surface area contributed by atoms with Gasteiger partial charge in [-0.1, -0.05) is 30.3 Å². The van der Waals surface area contributed by atoms with Crippen LogP contribution in [0, 0.1) is 0 Å². The first-order valence-corrected chi connectivity index (χ1v) is 6.32. The molecule has 0 saturated carbocycles. The normalized spacial score (nSPS) is 10.2. The maximum atomic E-state index is 10.9. The van der Waals surface area contributed by atoms with Crippen molar-refractivity contribution in [3.05, 3.63) is 47.0 Å². The largest absolute Gasteiger partial charge is 0.302 e. The van der Waals surface area contributed by atoms with Gasteiger partial charge in [-0.25, -0.2) is 4.98 Å². The number of anilines is 1. The van der Waals surface area contributed by atoms with Crippen LogP contribution in [0.25, 0.3) is 0 Å². The van der Waals surface area contributed by atoms with E-state index in [1.165, 1.54) is 28.7 Å². The minimum Gasteiger partial charge on any atom is -0.302 e. The number of carbonyl (C=O) groups is 1. The van der Waals surface area contributed by atoms with Crippen molar-refractivity contribution in [2.45, 2.75) is 19.8 Å². The highest BCUT2D eigenvalue weighted by atomic mass is 32.1. The number of hydrogen-bond acceptors (Lipinski definition) is 3. The van der Waals surface area contributed by atoms with Gasteiger partial charge in [0.15, 0.2) is 5.13 Å². The molecule has 2 aromatic rings. The number of thiazole rings is 1. The van der Waals surface area contributed by atoms with E-state index in [0.29, 0.717) is 5.13 Å². The summed E-state index contributed by atoms with van der Waals surface area (Å²) in [7, 11) is 0. The number of amides is 1. The Labute approximate surface area is 105 Å². The van der Waals surface area contributed by atoms with Gasteiger partial charge in [0.1, 0.15) is 0 Å². The summed E-state index contributed by atoms with van der Waals surface area (Å²) in [5.74, 6) is -0.0750. The molecule has 0 aliphatic carbocycles. The smallest absolute Gasteiger partial charge is 0.223 e. The molecule has 0 aliphatic rings. The van der Waals surface area contributed by atoms with E-state index < -0.39 is 0 Å². The van der Waals surface area contributed by atoms with Crippen molar-refractivity contribution in [2.24, 2.45) is 0 Å². The van der Waals surface area contributed by atoms with Crippen LogP contribution in [0.2, 0.25) is 0 Å². The van der Waals surface area contributed by atoms with E-state index >= 15 is 0 Å². The fourth-order valence-corrected chi connectivity index (χ4v) is 2.40. The van der Waals surface area contributed by atoms with Crippen LogP contribution >= 0.6 is 11.3 Å². The van der Waals surface area contributed by atoms with Gasteiger partial charge in [-0.2, -0.15) is 0 Å². The van der Waals surface area contributed by atoms with Crippen LogP contribution in [-0.2, 0) is 17.6 Å². The monoisotopic (exact) mass is 246 g/mol. The minimum atomic E-state index is -0.0750. The molecular formula is C13H14N2OS. The highest BCUT2D eigenvalue weighted by Crippen LogP contribution is 2.19. The number of carbonyl (C=O) groups excluding carboxylic acids is 1. The highest BCUT2D eigenvalue weighted by Gasteiger charge is 2.03. The van der Waals surface area contributed by atoms with Crippen molar-refractivity contribution < 1.29 is 4.79 Å². The molecule has 1 heterocycles. The Morgan fingerprint density at radius 3 is 2.76 bits per heavy atom. The number of rotatable bonds is 4. The standard InChI is InChI=1S/C13H14N2OS/c1-10(16)15-13-14-9-12(17-13)8-7-11-5-3-2-4-6-11/h2-6,9H,7-8H2,1H3,(H,14,15,16). The van der Waals surface area contributed by atoms with E-state index in [0.717, 1.165) is 12.8 Å². The Morgan fingerprint density at radius 1 is 1.29 bits per heavy atom. The van der Waals surface area contributed by atoms with Gasteiger partial charge in [0.05, 0.1) is 0 Å². The first kappa shape index (κ1) is 11.8. The third-order valence-electron chi connectivity index (χ3n) is 2.34. The first-order valence-electron chi connectivity index (χ1n) is 5.50. The zero-order chi connectivity index (χ0) is 12.1. The quantitative estimate of drug-likeness (QED) is 0.901. The second kappa shape index (κ2) is 5.59. The number of nitrogens with zero attached hydrogens (tertiary/aromatic N) is 1. The molecule has 4 heteroatoms.